The van der Waals surface area contributed by atoms with Crippen molar-refractivity contribution in [3.63, 3.8) is 0 Å². The van der Waals surface area contributed by atoms with E-state index < -0.39 is 10.0 Å². The molecule has 2 aliphatic rings. The molecule has 8 heteroatoms. The molecule has 0 spiro atoms. The normalized spacial score (nSPS) is 17.1. The van der Waals surface area contributed by atoms with Crippen LogP contribution in [0.4, 0.5) is 5.69 Å². The van der Waals surface area contributed by atoms with Gasteiger partial charge in [-0.05, 0) is 37.0 Å². The molecule has 0 unspecified atom stereocenters. The zero-order valence-electron chi connectivity index (χ0n) is 12.9. The lowest BCUT2D eigenvalue weighted by atomic mass is 10.2. The Bertz CT molecular complexity index is 873. The largest absolute Gasteiger partial charge is 0.364 e. The maximum Gasteiger partial charge on any atom is 0.240 e. The Morgan fingerprint density at radius 3 is 2.88 bits per heavy atom. The van der Waals surface area contributed by atoms with Crippen LogP contribution in [0.2, 0.25) is 0 Å². The van der Waals surface area contributed by atoms with Crippen LogP contribution >= 0.6 is 0 Å². The van der Waals surface area contributed by atoms with Gasteiger partial charge in [-0.2, -0.15) is 0 Å². The monoisotopic (exact) mass is 347 g/mol. The molecule has 1 N–H and O–H groups in total. The molecule has 2 heterocycles. The summed E-state index contributed by atoms with van der Waals surface area (Å²) in [7, 11) is -3.68. The van der Waals surface area contributed by atoms with Gasteiger partial charge < -0.3 is 9.42 Å². The molecule has 1 fully saturated rings. The molecular weight excluding hydrogens is 330 g/mol. The summed E-state index contributed by atoms with van der Waals surface area (Å²) in [6.45, 7) is 0.682. The number of sulfonamides is 1. The molecule has 1 saturated carbocycles. The van der Waals surface area contributed by atoms with Crippen molar-refractivity contribution < 1.29 is 17.7 Å². The van der Waals surface area contributed by atoms with Crippen LogP contribution < -0.4 is 9.62 Å². The molecule has 126 valence electrons. The van der Waals surface area contributed by atoms with Gasteiger partial charge in [0.1, 0.15) is 6.26 Å². The van der Waals surface area contributed by atoms with Gasteiger partial charge in [0.15, 0.2) is 0 Å². The highest BCUT2D eigenvalue weighted by atomic mass is 32.2. The third-order valence-electron chi connectivity index (χ3n) is 4.39. The Morgan fingerprint density at radius 1 is 1.33 bits per heavy atom. The van der Waals surface area contributed by atoms with E-state index in [-0.39, 0.29) is 23.3 Å². The van der Waals surface area contributed by atoms with Crippen molar-refractivity contribution in [3.8, 4) is 0 Å². The first kappa shape index (κ1) is 15.3. The number of fused-ring (bicyclic) bond motifs is 1. The summed E-state index contributed by atoms with van der Waals surface area (Å²) in [4.78, 5) is 14.2. The molecule has 1 aromatic carbocycles. The summed E-state index contributed by atoms with van der Waals surface area (Å²) in [6.07, 6.45) is 4.02. The van der Waals surface area contributed by atoms with Crippen LogP contribution in [-0.4, -0.2) is 26.0 Å². The molecule has 24 heavy (non-hydrogen) atoms. The molecule has 7 nitrogen and oxygen atoms in total. The van der Waals surface area contributed by atoms with Crippen LogP contribution in [0.25, 0.3) is 0 Å². The Balaban J connectivity index is 1.57. The van der Waals surface area contributed by atoms with Crippen LogP contribution in [0.3, 0.4) is 0 Å². The Hall–Kier alpha value is -2.19. The number of rotatable bonds is 5. The van der Waals surface area contributed by atoms with E-state index in [0.717, 1.165) is 30.5 Å². The number of nitrogens with zero attached hydrogens (tertiary/aromatic N) is 2. The van der Waals surface area contributed by atoms with Crippen molar-refractivity contribution in [2.45, 2.75) is 30.7 Å². The highest BCUT2D eigenvalue weighted by molar-refractivity contribution is 7.89. The van der Waals surface area contributed by atoms with E-state index in [9.17, 15) is 13.2 Å². The zero-order valence-corrected chi connectivity index (χ0v) is 13.8. The van der Waals surface area contributed by atoms with Gasteiger partial charge in [0, 0.05) is 24.2 Å². The summed E-state index contributed by atoms with van der Waals surface area (Å²) < 4.78 is 32.1. The predicted octanol–water partition coefficient (Wildman–Crippen LogP) is 1.45. The molecule has 1 aromatic heterocycles. The van der Waals surface area contributed by atoms with Gasteiger partial charge in [0.2, 0.25) is 15.9 Å². The van der Waals surface area contributed by atoms with E-state index in [1.807, 2.05) is 0 Å². The van der Waals surface area contributed by atoms with Crippen molar-refractivity contribution >= 4 is 21.6 Å². The number of nitrogens with one attached hydrogen (secondary N) is 1. The number of benzene rings is 1. The second-order valence-electron chi connectivity index (χ2n) is 6.12. The number of hydrogen-bond acceptors (Lipinski definition) is 5. The van der Waals surface area contributed by atoms with Crippen molar-refractivity contribution in [2.24, 2.45) is 5.92 Å². The highest BCUT2D eigenvalue weighted by Gasteiger charge is 2.36. The maximum absolute atomic E-state index is 12.5. The number of carbonyl (C=O) groups is 1. The fourth-order valence-electron chi connectivity index (χ4n) is 2.89. The summed E-state index contributed by atoms with van der Waals surface area (Å²) in [6, 6.07) is 6.56. The second kappa shape index (κ2) is 5.71. The molecule has 4 rings (SSSR count). The first-order valence-electron chi connectivity index (χ1n) is 7.88. The molecule has 1 amide bonds. The fourth-order valence-corrected chi connectivity index (χ4v) is 3.91. The fraction of sp³-hybridized carbons (Fsp3) is 0.375. The van der Waals surface area contributed by atoms with E-state index in [0.29, 0.717) is 12.2 Å². The number of aromatic nitrogens is 1. The average molecular weight is 347 g/mol. The van der Waals surface area contributed by atoms with Crippen LogP contribution in [0, 0.1) is 5.92 Å². The van der Waals surface area contributed by atoms with E-state index in [1.165, 1.54) is 6.26 Å². The number of hydrogen-bond donors (Lipinski definition) is 1. The summed E-state index contributed by atoms with van der Waals surface area (Å²) in [5.74, 6) is 0.223. The van der Waals surface area contributed by atoms with Gasteiger partial charge in [-0.3, -0.25) is 4.79 Å². The zero-order chi connectivity index (χ0) is 16.7. The van der Waals surface area contributed by atoms with Gasteiger partial charge in [0.05, 0.1) is 17.1 Å². The quantitative estimate of drug-likeness (QED) is 0.884. The van der Waals surface area contributed by atoms with Crippen LogP contribution in [0.15, 0.2) is 39.9 Å². The summed E-state index contributed by atoms with van der Waals surface area (Å²) in [5.41, 5.74) is 2.24. The lowest BCUT2D eigenvalue weighted by molar-refractivity contribution is -0.119. The highest BCUT2D eigenvalue weighted by Crippen LogP contribution is 2.37. The number of carbonyl (C=O) groups excluding carboxylic acids is 1. The van der Waals surface area contributed by atoms with Crippen molar-refractivity contribution in [1.29, 1.82) is 0 Å². The lowest BCUT2D eigenvalue weighted by Gasteiger charge is -2.18. The van der Waals surface area contributed by atoms with E-state index >= 15 is 0 Å². The Morgan fingerprint density at radius 2 is 2.17 bits per heavy atom. The minimum absolute atomic E-state index is 0.0562. The number of amides is 1. The van der Waals surface area contributed by atoms with E-state index in [4.69, 9.17) is 0 Å². The topological polar surface area (TPSA) is 92.5 Å². The van der Waals surface area contributed by atoms with Gasteiger partial charge >= 0.3 is 0 Å². The first-order valence-corrected chi connectivity index (χ1v) is 9.36. The van der Waals surface area contributed by atoms with E-state index in [1.54, 1.807) is 29.2 Å². The SMILES string of the molecule is O=C(C1CC1)N1CCc2ccc(S(=O)(=O)NCc3ccon3)cc21. The molecule has 2 aromatic rings. The minimum Gasteiger partial charge on any atom is -0.364 e. The lowest BCUT2D eigenvalue weighted by Crippen LogP contribution is -2.30. The standard InChI is InChI=1S/C16H17N3O4S/c20-16(12-1-2-12)19-7-5-11-3-4-14(9-15(11)19)24(21,22)17-10-13-6-8-23-18-13/h3-4,6,8-9,12,17H,1-2,5,7,10H2. The summed E-state index contributed by atoms with van der Waals surface area (Å²) >= 11 is 0. The van der Waals surface area contributed by atoms with Crippen molar-refractivity contribution in [1.82, 2.24) is 9.88 Å². The average Bonchev–Trinajstić information content (AvgIpc) is 3.13. The van der Waals surface area contributed by atoms with E-state index in [2.05, 4.69) is 14.4 Å². The minimum atomic E-state index is -3.68. The third kappa shape index (κ3) is 2.83. The van der Waals surface area contributed by atoms with Gasteiger partial charge in [-0.25, -0.2) is 13.1 Å². The molecule has 1 aliphatic heterocycles. The Kier molecular flexibility index (Phi) is 3.65. The molecule has 0 atom stereocenters. The first-order chi connectivity index (χ1) is 11.5. The molecule has 0 bridgehead atoms. The van der Waals surface area contributed by atoms with Crippen LogP contribution in [-0.2, 0) is 27.8 Å². The maximum atomic E-state index is 12.5. The number of anilines is 1. The molecule has 1 aliphatic carbocycles. The van der Waals surface area contributed by atoms with Gasteiger partial charge in [-0.15, -0.1) is 0 Å². The molecule has 0 radical (unpaired) electrons. The predicted molar refractivity (Wildman–Crippen MR) is 85.8 cm³/mol. The summed E-state index contributed by atoms with van der Waals surface area (Å²) in [5, 5.41) is 3.68. The van der Waals surface area contributed by atoms with Crippen molar-refractivity contribution in [3.05, 3.63) is 41.8 Å². The third-order valence-corrected chi connectivity index (χ3v) is 5.79. The van der Waals surface area contributed by atoms with Gasteiger partial charge in [0.25, 0.3) is 0 Å². The molecule has 0 saturated heterocycles. The molecular formula is C16H17N3O4S. The van der Waals surface area contributed by atoms with Crippen molar-refractivity contribution in [2.75, 3.05) is 11.4 Å². The Labute approximate surface area is 139 Å². The second-order valence-corrected chi connectivity index (χ2v) is 7.89. The smallest absolute Gasteiger partial charge is 0.240 e. The van der Waals surface area contributed by atoms with Gasteiger partial charge in [-0.1, -0.05) is 11.2 Å². The van der Waals surface area contributed by atoms with Crippen LogP contribution in [0.1, 0.15) is 24.1 Å². The van der Waals surface area contributed by atoms with Crippen LogP contribution in [0.5, 0.6) is 0 Å².